The highest BCUT2D eigenvalue weighted by Crippen LogP contribution is 2.60. The predicted octanol–water partition coefficient (Wildman–Crippen LogP) is 7.49. The van der Waals surface area contributed by atoms with Crippen LogP contribution in [-0.2, 0) is 21.7 Å². The Morgan fingerprint density at radius 3 is 2.42 bits per heavy atom. The molecule has 43 heavy (non-hydrogen) atoms. The van der Waals surface area contributed by atoms with Gasteiger partial charge in [-0.05, 0) is 72.9 Å². The van der Waals surface area contributed by atoms with Crippen molar-refractivity contribution in [2.24, 2.45) is 5.92 Å². The second kappa shape index (κ2) is 9.99. The summed E-state index contributed by atoms with van der Waals surface area (Å²) < 4.78 is 22.3. The third-order valence-corrected chi connectivity index (χ3v) is 12.1. The van der Waals surface area contributed by atoms with Crippen molar-refractivity contribution < 1.29 is 23.5 Å². The number of aliphatic hydroxyl groups excluding tert-OH is 1. The van der Waals surface area contributed by atoms with Gasteiger partial charge in [0.05, 0.1) is 29.6 Å². The minimum absolute atomic E-state index is 0.0688. The van der Waals surface area contributed by atoms with Crippen molar-refractivity contribution in [3.05, 3.63) is 101 Å². The highest BCUT2D eigenvalue weighted by atomic mass is 35.5. The van der Waals surface area contributed by atoms with Crippen molar-refractivity contribution in [3.8, 4) is 0 Å². The Labute approximate surface area is 255 Å². The number of benzene rings is 4. The molecule has 9 heteroatoms. The molecule has 4 atom stereocenters. The molecule has 3 aliphatic heterocycles. The summed E-state index contributed by atoms with van der Waals surface area (Å²) in [7, 11) is -3.28. The number of fused-ring (bicyclic) bond motifs is 2. The van der Waals surface area contributed by atoms with Gasteiger partial charge in [-0.3, -0.25) is 14.5 Å². The van der Waals surface area contributed by atoms with E-state index < -0.39 is 31.6 Å². The van der Waals surface area contributed by atoms with Crippen molar-refractivity contribution in [3.63, 3.8) is 0 Å². The molecule has 4 aromatic carbocycles. The first-order valence-corrected chi connectivity index (χ1v) is 17.9. The summed E-state index contributed by atoms with van der Waals surface area (Å²) in [6.07, 6.45) is -0.317. The molecule has 3 heterocycles. The molecule has 0 aliphatic carbocycles. The predicted molar refractivity (Wildman–Crippen MR) is 169 cm³/mol. The first kappa shape index (κ1) is 28.2. The summed E-state index contributed by atoms with van der Waals surface area (Å²) in [6, 6.07) is 24.7. The van der Waals surface area contributed by atoms with Crippen LogP contribution in [0.25, 0.3) is 10.8 Å². The average Bonchev–Trinajstić information content (AvgIpc) is 3.52. The molecular formula is C34H32ClFN2O4Si. The van der Waals surface area contributed by atoms with E-state index in [-0.39, 0.29) is 31.4 Å². The van der Waals surface area contributed by atoms with Gasteiger partial charge in [-0.2, -0.15) is 0 Å². The van der Waals surface area contributed by atoms with Gasteiger partial charge in [0, 0.05) is 39.7 Å². The molecule has 1 fully saturated rings. The van der Waals surface area contributed by atoms with Crippen molar-refractivity contribution in [2.45, 2.75) is 50.2 Å². The number of hydrogen-bond donors (Lipinski definition) is 1. The summed E-state index contributed by atoms with van der Waals surface area (Å²) in [5, 5.41) is 12.2. The van der Waals surface area contributed by atoms with Gasteiger partial charge in [0.15, 0.2) is 5.60 Å². The number of rotatable bonds is 6. The molecule has 2 amide bonds. The third kappa shape index (κ3) is 4.11. The van der Waals surface area contributed by atoms with E-state index in [1.165, 1.54) is 0 Å². The van der Waals surface area contributed by atoms with Gasteiger partial charge in [0.2, 0.25) is 8.41 Å². The van der Waals surface area contributed by atoms with Gasteiger partial charge >= 0.3 is 0 Å². The SMILES string of the molecule is C[C@@H]1[C@@H]([Si](C)(C)F)[C@H](CCO)O[C@@]12C(=O)N(Cc1ccc(N3C(=O)c4cccc5cccc3c45)cc1)c1ccc(Cl)cc12. The largest absolute Gasteiger partial charge is 0.396 e. The van der Waals surface area contributed by atoms with Crippen LogP contribution in [0.15, 0.2) is 78.9 Å². The molecule has 7 rings (SSSR count). The molecule has 0 unspecified atom stereocenters. The van der Waals surface area contributed by atoms with E-state index in [2.05, 4.69) is 0 Å². The van der Waals surface area contributed by atoms with Crippen LogP contribution in [0.3, 0.4) is 0 Å². The maximum absolute atomic E-state index is 15.7. The molecule has 220 valence electrons. The lowest BCUT2D eigenvalue weighted by atomic mass is 9.82. The Kier molecular flexibility index (Phi) is 6.56. The lowest BCUT2D eigenvalue weighted by Gasteiger charge is -2.31. The smallest absolute Gasteiger partial charge is 0.264 e. The van der Waals surface area contributed by atoms with E-state index in [1.54, 1.807) is 35.0 Å². The number of hydrogen-bond acceptors (Lipinski definition) is 4. The van der Waals surface area contributed by atoms with Gasteiger partial charge < -0.3 is 18.9 Å². The van der Waals surface area contributed by atoms with E-state index >= 15 is 4.11 Å². The van der Waals surface area contributed by atoms with Crippen LogP contribution in [0.4, 0.5) is 21.2 Å². The van der Waals surface area contributed by atoms with Crippen LogP contribution in [0.2, 0.25) is 23.7 Å². The second-order valence-corrected chi connectivity index (χ2v) is 16.6. The Morgan fingerprint density at radius 1 is 1.00 bits per heavy atom. The number of anilines is 3. The fraction of sp³-hybridized carbons (Fsp3) is 0.294. The van der Waals surface area contributed by atoms with Crippen LogP contribution in [0, 0.1) is 5.92 Å². The maximum atomic E-state index is 15.7. The zero-order valence-corrected chi connectivity index (χ0v) is 25.9. The minimum Gasteiger partial charge on any atom is -0.396 e. The molecule has 1 spiro atoms. The van der Waals surface area contributed by atoms with Crippen LogP contribution >= 0.6 is 11.6 Å². The fourth-order valence-corrected chi connectivity index (χ4v) is 10.4. The van der Waals surface area contributed by atoms with Crippen LogP contribution in [0.1, 0.15) is 34.8 Å². The van der Waals surface area contributed by atoms with Gasteiger partial charge in [-0.1, -0.05) is 54.9 Å². The van der Waals surface area contributed by atoms with E-state index in [0.29, 0.717) is 21.8 Å². The Hall–Kier alpha value is -3.56. The van der Waals surface area contributed by atoms with E-state index in [4.69, 9.17) is 16.3 Å². The zero-order valence-electron chi connectivity index (χ0n) is 24.2. The molecule has 4 aromatic rings. The first-order valence-electron chi connectivity index (χ1n) is 14.6. The average molecular weight is 615 g/mol. The first-order chi connectivity index (χ1) is 20.6. The zero-order chi connectivity index (χ0) is 30.3. The monoisotopic (exact) mass is 614 g/mol. The molecule has 3 aliphatic rings. The van der Waals surface area contributed by atoms with E-state index in [0.717, 1.165) is 27.7 Å². The highest BCUT2D eigenvalue weighted by molar-refractivity contribution is 6.72. The van der Waals surface area contributed by atoms with E-state index in [1.807, 2.05) is 73.7 Å². The fourth-order valence-electron chi connectivity index (χ4n) is 7.68. The number of carbonyl (C=O) groups is 2. The summed E-state index contributed by atoms with van der Waals surface area (Å²) >= 11 is 6.44. The number of carbonyl (C=O) groups excluding carboxylic acids is 2. The molecule has 0 bridgehead atoms. The molecule has 6 nitrogen and oxygen atoms in total. The van der Waals surface area contributed by atoms with Crippen LogP contribution in [0.5, 0.6) is 0 Å². The topological polar surface area (TPSA) is 70.1 Å². The summed E-state index contributed by atoms with van der Waals surface area (Å²) in [6.45, 7) is 5.29. The summed E-state index contributed by atoms with van der Waals surface area (Å²) in [4.78, 5) is 31.2. The lowest BCUT2D eigenvalue weighted by molar-refractivity contribution is -0.146. The number of nitrogens with zero attached hydrogens (tertiary/aromatic N) is 2. The van der Waals surface area contributed by atoms with Gasteiger partial charge in [-0.15, -0.1) is 0 Å². The molecule has 0 aromatic heterocycles. The Morgan fingerprint density at radius 2 is 1.72 bits per heavy atom. The van der Waals surface area contributed by atoms with Crippen molar-refractivity contribution >= 4 is 59.7 Å². The van der Waals surface area contributed by atoms with Crippen molar-refractivity contribution in [1.82, 2.24) is 0 Å². The van der Waals surface area contributed by atoms with Gasteiger partial charge in [0.1, 0.15) is 0 Å². The van der Waals surface area contributed by atoms with Crippen molar-refractivity contribution in [1.29, 1.82) is 0 Å². The van der Waals surface area contributed by atoms with E-state index in [9.17, 15) is 14.7 Å². The third-order valence-electron chi connectivity index (χ3n) is 9.43. The molecule has 0 radical (unpaired) electrons. The van der Waals surface area contributed by atoms with Crippen LogP contribution in [-0.4, -0.2) is 38.0 Å². The molecule has 0 saturated carbocycles. The summed E-state index contributed by atoms with van der Waals surface area (Å²) in [5.41, 5.74) is 2.62. The molecule has 1 N–H and O–H groups in total. The van der Waals surface area contributed by atoms with Crippen molar-refractivity contribution in [2.75, 3.05) is 16.4 Å². The number of amides is 2. The van der Waals surface area contributed by atoms with Gasteiger partial charge in [-0.25, -0.2) is 0 Å². The standard InChI is InChI=1S/C34H32ClFN2O4Si/c1-20-31(43(2,3)36)29(16-17-39)42-34(20)26-18-23(35)12-15-27(26)37(33(34)41)19-21-10-13-24(14-11-21)38-28-9-5-7-22-6-4-8-25(30(22)28)32(38)40/h4-15,18,20,29,31,39H,16-17,19H2,1-3H3/t20-,29+,31-,34+/m1/s1. The highest BCUT2D eigenvalue weighted by Gasteiger charge is 2.66. The molecule has 1 saturated heterocycles. The molecular weight excluding hydrogens is 583 g/mol. The number of aliphatic hydroxyl groups is 1. The van der Waals surface area contributed by atoms with Gasteiger partial charge in [0.25, 0.3) is 11.8 Å². The number of halogens is 2. The normalized spacial score (nSPS) is 24.6. The lowest BCUT2D eigenvalue weighted by Crippen LogP contribution is -2.45. The van der Waals surface area contributed by atoms with Crippen LogP contribution < -0.4 is 9.80 Å². The number of ether oxygens (including phenoxy) is 1. The second-order valence-electron chi connectivity index (χ2n) is 12.3. The Bertz CT molecular complexity index is 1790. The minimum atomic E-state index is -3.28. The Balaban J connectivity index is 1.22. The maximum Gasteiger partial charge on any atom is 0.264 e. The quantitative estimate of drug-likeness (QED) is 0.180. The summed E-state index contributed by atoms with van der Waals surface area (Å²) in [5.74, 6) is -0.763.